The summed E-state index contributed by atoms with van der Waals surface area (Å²) in [5.41, 5.74) is 1.54. The summed E-state index contributed by atoms with van der Waals surface area (Å²) >= 11 is 3.22. The van der Waals surface area contributed by atoms with Crippen molar-refractivity contribution in [3.8, 4) is 6.07 Å². The lowest BCUT2D eigenvalue weighted by molar-refractivity contribution is 0.102. The molecule has 2 N–H and O–H groups in total. The van der Waals surface area contributed by atoms with Crippen LogP contribution in [0.25, 0.3) is 0 Å². The van der Waals surface area contributed by atoms with Crippen molar-refractivity contribution < 1.29 is 13.2 Å². The molecule has 0 unspecified atom stereocenters. The zero-order valence-electron chi connectivity index (χ0n) is 14.4. The fourth-order valence-electron chi connectivity index (χ4n) is 2.40. The predicted octanol–water partition coefficient (Wildman–Crippen LogP) is 4.37. The minimum Gasteiger partial charge on any atom is -0.322 e. The second-order valence-electron chi connectivity index (χ2n) is 5.76. The second-order valence-corrected chi connectivity index (χ2v) is 8.27. The van der Waals surface area contributed by atoms with E-state index in [-0.39, 0.29) is 10.5 Å². The molecule has 3 aromatic carbocycles. The van der Waals surface area contributed by atoms with Crippen LogP contribution in [0.5, 0.6) is 0 Å². The van der Waals surface area contributed by atoms with Crippen LogP contribution >= 0.6 is 15.9 Å². The van der Waals surface area contributed by atoms with Crippen molar-refractivity contribution in [2.45, 2.75) is 4.90 Å². The van der Waals surface area contributed by atoms with Crippen molar-refractivity contribution in [2.24, 2.45) is 0 Å². The molecule has 3 rings (SSSR count). The van der Waals surface area contributed by atoms with Crippen LogP contribution in [0, 0.1) is 11.3 Å². The average molecular weight is 456 g/mol. The van der Waals surface area contributed by atoms with E-state index in [2.05, 4.69) is 26.0 Å². The van der Waals surface area contributed by atoms with Gasteiger partial charge in [0.05, 0.1) is 11.6 Å². The van der Waals surface area contributed by atoms with Crippen LogP contribution in [0.3, 0.4) is 0 Å². The van der Waals surface area contributed by atoms with Gasteiger partial charge in [-0.2, -0.15) is 5.26 Å². The largest absolute Gasteiger partial charge is 0.322 e. The number of hydrogen-bond acceptors (Lipinski definition) is 4. The van der Waals surface area contributed by atoms with Crippen molar-refractivity contribution in [1.29, 1.82) is 5.26 Å². The van der Waals surface area contributed by atoms with Gasteiger partial charge in [-0.15, -0.1) is 0 Å². The van der Waals surface area contributed by atoms with Gasteiger partial charge in [-0.3, -0.25) is 9.52 Å². The highest BCUT2D eigenvalue weighted by Gasteiger charge is 2.20. The highest BCUT2D eigenvalue weighted by Crippen LogP contribution is 2.26. The van der Waals surface area contributed by atoms with Crippen molar-refractivity contribution in [2.75, 3.05) is 10.0 Å². The van der Waals surface area contributed by atoms with E-state index in [0.29, 0.717) is 21.4 Å². The molecule has 6 nitrogen and oxygen atoms in total. The van der Waals surface area contributed by atoms with Crippen LogP contribution in [-0.2, 0) is 10.0 Å². The zero-order chi connectivity index (χ0) is 20.1. The Bertz CT molecular complexity index is 1160. The molecule has 0 aliphatic rings. The lowest BCUT2D eigenvalue weighted by atomic mass is 10.2. The normalized spacial score (nSPS) is 10.7. The van der Waals surface area contributed by atoms with Gasteiger partial charge in [0.1, 0.15) is 4.90 Å². The molecule has 0 spiro atoms. The number of carbonyl (C=O) groups is 1. The Balaban J connectivity index is 1.87. The van der Waals surface area contributed by atoms with E-state index in [1.54, 1.807) is 24.3 Å². The molecule has 0 heterocycles. The van der Waals surface area contributed by atoms with Gasteiger partial charge in [-0.05, 0) is 70.5 Å². The highest BCUT2D eigenvalue weighted by atomic mass is 79.9. The maximum atomic E-state index is 12.8. The summed E-state index contributed by atoms with van der Waals surface area (Å²) in [6.45, 7) is 0. The topological polar surface area (TPSA) is 99.1 Å². The first-order chi connectivity index (χ1) is 13.4. The number of halogens is 1. The summed E-state index contributed by atoms with van der Waals surface area (Å²) in [7, 11) is -3.95. The monoisotopic (exact) mass is 455 g/mol. The molecule has 0 aliphatic heterocycles. The fourth-order valence-corrected chi connectivity index (χ4v) is 4.45. The van der Waals surface area contributed by atoms with Gasteiger partial charge in [-0.1, -0.05) is 18.2 Å². The van der Waals surface area contributed by atoms with Crippen LogP contribution in [0.4, 0.5) is 11.4 Å². The van der Waals surface area contributed by atoms with Crippen molar-refractivity contribution >= 4 is 43.2 Å². The molecule has 0 bridgehead atoms. The van der Waals surface area contributed by atoms with Crippen molar-refractivity contribution in [3.63, 3.8) is 0 Å². The van der Waals surface area contributed by atoms with Gasteiger partial charge < -0.3 is 5.32 Å². The van der Waals surface area contributed by atoms with Gasteiger partial charge in [0.25, 0.3) is 15.9 Å². The van der Waals surface area contributed by atoms with Gasteiger partial charge in [-0.25, -0.2) is 8.42 Å². The molecule has 8 heteroatoms. The van der Waals surface area contributed by atoms with E-state index >= 15 is 0 Å². The van der Waals surface area contributed by atoms with Crippen LogP contribution in [-0.4, -0.2) is 14.3 Å². The number of nitrogens with one attached hydrogen (secondary N) is 2. The molecule has 3 aromatic rings. The minimum absolute atomic E-state index is 0.0717. The van der Waals surface area contributed by atoms with E-state index in [1.807, 2.05) is 12.1 Å². The van der Waals surface area contributed by atoms with E-state index in [1.165, 1.54) is 42.5 Å². The molecule has 0 aliphatic carbocycles. The maximum Gasteiger partial charge on any atom is 0.263 e. The summed E-state index contributed by atoms with van der Waals surface area (Å²) in [5.74, 6) is -0.423. The van der Waals surface area contributed by atoms with Crippen molar-refractivity contribution in [3.05, 3.63) is 88.4 Å². The Morgan fingerprint density at radius 2 is 1.61 bits per heavy atom. The van der Waals surface area contributed by atoms with Crippen molar-refractivity contribution in [1.82, 2.24) is 0 Å². The Labute approximate surface area is 171 Å². The summed E-state index contributed by atoms with van der Waals surface area (Å²) in [6.07, 6.45) is 0. The van der Waals surface area contributed by atoms with E-state index in [9.17, 15) is 13.2 Å². The molecular formula is C20H14BrN3O3S. The van der Waals surface area contributed by atoms with Crippen LogP contribution < -0.4 is 10.0 Å². The Morgan fingerprint density at radius 1 is 0.929 bits per heavy atom. The molecule has 0 saturated heterocycles. The first-order valence-corrected chi connectivity index (χ1v) is 10.4. The molecule has 0 atom stereocenters. The Morgan fingerprint density at radius 3 is 2.25 bits per heavy atom. The maximum absolute atomic E-state index is 12.8. The Kier molecular flexibility index (Phi) is 5.78. The molecule has 0 fully saturated rings. The third-order valence-corrected chi connectivity index (χ3v) is 6.16. The lowest BCUT2D eigenvalue weighted by Gasteiger charge is -2.12. The number of nitriles is 1. The first kappa shape index (κ1) is 19.6. The summed E-state index contributed by atoms with van der Waals surface area (Å²) in [5, 5.41) is 11.5. The number of rotatable bonds is 5. The third-order valence-electron chi connectivity index (χ3n) is 3.78. The number of benzene rings is 3. The highest BCUT2D eigenvalue weighted by molar-refractivity contribution is 9.10. The lowest BCUT2D eigenvalue weighted by Crippen LogP contribution is -2.16. The van der Waals surface area contributed by atoms with Gasteiger partial charge in [0.15, 0.2) is 0 Å². The SMILES string of the molecule is N#Cc1ccc(NS(=O)(=O)c2cc(C(=O)Nc3ccccc3)ccc2Br)cc1. The number of para-hydroxylation sites is 1. The average Bonchev–Trinajstić information content (AvgIpc) is 2.69. The summed E-state index contributed by atoms with van der Waals surface area (Å²) in [4.78, 5) is 12.4. The number of amides is 1. The standard InChI is InChI=1S/C20H14BrN3O3S/c21-18-11-8-15(20(25)23-16-4-2-1-3-5-16)12-19(18)28(26,27)24-17-9-6-14(13-22)7-10-17/h1-12,24H,(H,23,25). The predicted molar refractivity (Wildman–Crippen MR) is 111 cm³/mol. The number of nitrogens with zero attached hydrogens (tertiary/aromatic N) is 1. The number of carbonyl (C=O) groups excluding carboxylic acids is 1. The Hall–Kier alpha value is -3.15. The van der Waals surface area contributed by atoms with Crippen LogP contribution in [0.2, 0.25) is 0 Å². The molecule has 0 saturated carbocycles. The summed E-state index contributed by atoms with van der Waals surface area (Å²) < 4.78 is 28.3. The molecule has 140 valence electrons. The number of anilines is 2. The van der Waals surface area contributed by atoms with Gasteiger partial charge in [0, 0.05) is 21.4 Å². The second kappa shape index (κ2) is 8.25. The van der Waals surface area contributed by atoms with E-state index < -0.39 is 15.9 Å². The molecule has 28 heavy (non-hydrogen) atoms. The third kappa shape index (κ3) is 4.57. The fraction of sp³-hybridized carbons (Fsp3) is 0. The van der Waals surface area contributed by atoms with Crippen LogP contribution in [0.1, 0.15) is 15.9 Å². The summed E-state index contributed by atoms with van der Waals surface area (Å²) in [6, 6.07) is 21.2. The van der Waals surface area contributed by atoms with Gasteiger partial charge in [0.2, 0.25) is 0 Å². The first-order valence-electron chi connectivity index (χ1n) is 8.08. The number of sulfonamides is 1. The van der Waals surface area contributed by atoms with Crippen LogP contribution in [0.15, 0.2) is 82.2 Å². The minimum atomic E-state index is -3.95. The molecule has 0 aromatic heterocycles. The molecule has 1 amide bonds. The van der Waals surface area contributed by atoms with Gasteiger partial charge >= 0.3 is 0 Å². The van der Waals surface area contributed by atoms with E-state index in [4.69, 9.17) is 5.26 Å². The smallest absolute Gasteiger partial charge is 0.263 e. The van der Waals surface area contributed by atoms with E-state index in [0.717, 1.165) is 0 Å². The quantitative estimate of drug-likeness (QED) is 0.596. The molecular weight excluding hydrogens is 442 g/mol. The molecule has 0 radical (unpaired) electrons. The zero-order valence-corrected chi connectivity index (χ0v) is 16.8. The number of hydrogen-bond donors (Lipinski definition) is 2.